The molecule has 0 atom stereocenters. The smallest absolute Gasteiger partial charge is 0.268 e. The molecule has 1 aromatic carbocycles. The number of benzene rings is 1. The topological polar surface area (TPSA) is 57.5 Å². The van der Waals surface area contributed by atoms with Crippen LogP contribution >= 0.6 is 0 Å². The number of hydrogen-bond acceptors (Lipinski definition) is 3. The molecule has 0 aliphatic heterocycles. The molecule has 0 spiro atoms. The zero-order valence-corrected chi connectivity index (χ0v) is 5.69. The van der Waals surface area contributed by atoms with Crippen molar-refractivity contribution in [3.8, 4) is 0 Å². The van der Waals surface area contributed by atoms with E-state index >= 15 is 0 Å². The van der Waals surface area contributed by atoms with Crippen LogP contribution in [0, 0.1) is 0 Å². The standard InChI is InChI=1S/C8H7O3/c9-6-8(10,11)7-4-2-1-3-5-7/h1-5,10-11H. The van der Waals surface area contributed by atoms with Gasteiger partial charge in [0.15, 0.2) is 0 Å². The van der Waals surface area contributed by atoms with E-state index in [1.54, 1.807) is 18.2 Å². The maximum absolute atomic E-state index is 10.0. The summed E-state index contributed by atoms with van der Waals surface area (Å²) in [7, 11) is 0. The van der Waals surface area contributed by atoms with Crippen molar-refractivity contribution in [1.82, 2.24) is 0 Å². The molecule has 0 unspecified atom stereocenters. The van der Waals surface area contributed by atoms with Crippen molar-refractivity contribution >= 4 is 6.29 Å². The Morgan fingerprint density at radius 3 is 2.18 bits per heavy atom. The van der Waals surface area contributed by atoms with Crippen molar-refractivity contribution in [2.45, 2.75) is 5.79 Å². The van der Waals surface area contributed by atoms with Crippen LogP contribution in [0.15, 0.2) is 30.3 Å². The fourth-order valence-corrected chi connectivity index (χ4v) is 0.729. The third-order valence-electron chi connectivity index (χ3n) is 1.32. The average molecular weight is 151 g/mol. The minimum Gasteiger partial charge on any atom is -0.356 e. The van der Waals surface area contributed by atoms with Crippen LogP contribution in [-0.2, 0) is 10.6 Å². The molecule has 57 valence electrons. The summed E-state index contributed by atoms with van der Waals surface area (Å²) < 4.78 is 0. The third kappa shape index (κ3) is 1.63. The summed E-state index contributed by atoms with van der Waals surface area (Å²) in [5.74, 6) is -2.47. The molecule has 0 bridgehead atoms. The fraction of sp³-hybridized carbons (Fsp3) is 0.125. The molecule has 0 fully saturated rings. The Balaban J connectivity index is 3.02. The predicted molar refractivity (Wildman–Crippen MR) is 38.3 cm³/mol. The Morgan fingerprint density at radius 2 is 1.73 bits per heavy atom. The SMILES string of the molecule is O=[C]C(O)(O)c1ccccc1. The molecule has 3 nitrogen and oxygen atoms in total. The van der Waals surface area contributed by atoms with Crippen LogP contribution in [0.4, 0.5) is 0 Å². The summed E-state index contributed by atoms with van der Waals surface area (Å²) in [5, 5.41) is 17.9. The van der Waals surface area contributed by atoms with Gasteiger partial charge in [-0.05, 0) is 0 Å². The molecule has 0 saturated heterocycles. The zero-order chi connectivity index (χ0) is 8.32. The van der Waals surface area contributed by atoms with E-state index in [1.165, 1.54) is 12.1 Å². The second-order valence-electron chi connectivity index (χ2n) is 2.14. The van der Waals surface area contributed by atoms with E-state index in [1.807, 2.05) is 0 Å². The number of rotatable bonds is 2. The Kier molecular flexibility index (Phi) is 2.03. The third-order valence-corrected chi connectivity index (χ3v) is 1.32. The van der Waals surface area contributed by atoms with Crippen LogP contribution < -0.4 is 0 Å². The van der Waals surface area contributed by atoms with E-state index in [0.717, 1.165) is 6.29 Å². The van der Waals surface area contributed by atoms with Gasteiger partial charge in [-0.2, -0.15) is 0 Å². The molecule has 11 heavy (non-hydrogen) atoms. The summed E-state index contributed by atoms with van der Waals surface area (Å²) in [6.07, 6.45) is 1.12. The lowest BCUT2D eigenvalue weighted by Gasteiger charge is -2.12. The molecule has 0 aliphatic rings. The number of carbonyl (C=O) groups excluding carboxylic acids is 1. The van der Waals surface area contributed by atoms with Crippen LogP contribution in [-0.4, -0.2) is 16.5 Å². The number of hydrogen-bond donors (Lipinski definition) is 2. The summed E-state index contributed by atoms with van der Waals surface area (Å²) in [5.41, 5.74) is 0.120. The van der Waals surface area contributed by atoms with Crippen molar-refractivity contribution in [1.29, 1.82) is 0 Å². The summed E-state index contributed by atoms with van der Waals surface area (Å²) in [4.78, 5) is 10.0. The molecule has 0 heterocycles. The van der Waals surface area contributed by atoms with Gasteiger partial charge >= 0.3 is 0 Å². The Morgan fingerprint density at radius 1 is 1.18 bits per heavy atom. The Bertz CT molecular complexity index is 241. The molecule has 3 heteroatoms. The summed E-state index contributed by atoms with van der Waals surface area (Å²) >= 11 is 0. The van der Waals surface area contributed by atoms with Crippen LogP contribution in [0.25, 0.3) is 0 Å². The monoisotopic (exact) mass is 151 g/mol. The van der Waals surface area contributed by atoms with Gasteiger partial charge in [-0.25, -0.2) is 0 Å². The first-order chi connectivity index (χ1) is 5.17. The van der Waals surface area contributed by atoms with E-state index in [2.05, 4.69) is 0 Å². The second kappa shape index (κ2) is 2.82. The van der Waals surface area contributed by atoms with Crippen LogP contribution in [0.1, 0.15) is 5.56 Å². The first-order valence-corrected chi connectivity index (χ1v) is 3.06. The molecule has 1 radical (unpaired) electrons. The summed E-state index contributed by atoms with van der Waals surface area (Å²) in [6.45, 7) is 0. The van der Waals surface area contributed by atoms with Gasteiger partial charge in [0.1, 0.15) is 0 Å². The minimum atomic E-state index is -2.47. The molecular weight excluding hydrogens is 144 g/mol. The lowest BCUT2D eigenvalue weighted by molar-refractivity contribution is -0.106. The normalized spacial score (nSPS) is 11.1. The van der Waals surface area contributed by atoms with Gasteiger partial charge in [0.05, 0.1) is 0 Å². The number of aliphatic hydroxyl groups is 2. The van der Waals surface area contributed by atoms with Gasteiger partial charge in [0.2, 0.25) is 0 Å². The highest BCUT2D eigenvalue weighted by Gasteiger charge is 2.25. The lowest BCUT2D eigenvalue weighted by Crippen LogP contribution is -2.26. The largest absolute Gasteiger partial charge is 0.356 e. The van der Waals surface area contributed by atoms with Gasteiger partial charge in [-0.15, -0.1) is 0 Å². The highest BCUT2D eigenvalue weighted by Crippen LogP contribution is 2.13. The van der Waals surface area contributed by atoms with Crippen molar-refractivity contribution < 1.29 is 15.0 Å². The molecule has 2 N–H and O–H groups in total. The average Bonchev–Trinajstić information content (AvgIpc) is 2.06. The van der Waals surface area contributed by atoms with Gasteiger partial charge < -0.3 is 10.2 Å². The first-order valence-electron chi connectivity index (χ1n) is 3.06. The van der Waals surface area contributed by atoms with E-state index in [0.29, 0.717) is 0 Å². The second-order valence-corrected chi connectivity index (χ2v) is 2.14. The molecule has 0 aromatic heterocycles. The van der Waals surface area contributed by atoms with E-state index < -0.39 is 5.79 Å². The van der Waals surface area contributed by atoms with Gasteiger partial charge in [0.25, 0.3) is 12.1 Å². The highest BCUT2D eigenvalue weighted by atomic mass is 16.5. The van der Waals surface area contributed by atoms with Crippen molar-refractivity contribution in [3.05, 3.63) is 35.9 Å². The van der Waals surface area contributed by atoms with Crippen LogP contribution in [0.3, 0.4) is 0 Å². The quantitative estimate of drug-likeness (QED) is 0.582. The maximum atomic E-state index is 10.0. The highest BCUT2D eigenvalue weighted by molar-refractivity contribution is 5.63. The first kappa shape index (κ1) is 7.91. The van der Waals surface area contributed by atoms with E-state index in [4.69, 9.17) is 10.2 Å². The Hall–Kier alpha value is -1.19. The van der Waals surface area contributed by atoms with Crippen molar-refractivity contribution in [2.24, 2.45) is 0 Å². The van der Waals surface area contributed by atoms with E-state index in [9.17, 15) is 4.79 Å². The van der Waals surface area contributed by atoms with Crippen molar-refractivity contribution in [3.63, 3.8) is 0 Å². The Labute approximate surface area is 63.9 Å². The minimum absolute atomic E-state index is 0.120. The molecule has 0 saturated carbocycles. The summed E-state index contributed by atoms with van der Waals surface area (Å²) in [6, 6.07) is 7.79. The van der Waals surface area contributed by atoms with Gasteiger partial charge in [-0.3, -0.25) is 4.79 Å². The molecule has 0 amide bonds. The molecule has 0 aliphatic carbocycles. The zero-order valence-electron chi connectivity index (χ0n) is 5.69. The predicted octanol–water partition coefficient (Wildman–Crippen LogP) is -0.0663. The molecule has 1 rings (SSSR count). The fourth-order valence-electron chi connectivity index (χ4n) is 0.729. The maximum Gasteiger partial charge on any atom is 0.268 e. The molecular formula is C8H7O3. The molecule has 1 aromatic rings. The van der Waals surface area contributed by atoms with Crippen molar-refractivity contribution in [2.75, 3.05) is 0 Å². The van der Waals surface area contributed by atoms with E-state index in [-0.39, 0.29) is 5.56 Å². The van der Waals surface area contributed by atoms with Crippen LogP contribution in [0.5, 0.6) is 0 Å². The van der Waals surface area contributed by atoms with Gasteiger partial charge in [-0.1, -0.05) is 30.3 Å². The van der Waals surface area contributed by atoms with Gasteiger partial charge in [0, 0.05) is 5.56 Å². The lowest BCUT2D eigenvalue weighted by atomic mass is 10.1. The van der Waals surface area contributed by atoms with Crippen LogP contribution in [0.2, 0.25) is 0 Å².